The van der Waals surface area contributed by atoms with E-state index in [1.807, 2.05) is 54.5 Å². The molecule has 0 radical (unpaired) electrons. The van der Waals surface area contributed by atoms with Crippen LogP contribution in [-0.2, 0) is 4.52 Å². The fraction of sp³-hybridized carbons (Fsp3) is 0.417. The van der Waals surface area contributed by atoms with Gasteiger partial charge in [-0.1, -0.05) is 12.1 Å². The van der Waals surface area contributed by atoms with Gasteiger partial charge in [0.15, 0.2) is 0 Å². The fourth-order valence-electron chi connectivity index (χ4n) is 2.02. The molecule has 0 fully saturated rings. The maximum atomic E-state index is 12.4. The first-order chi connectivity index (χ1) is 8.07. The molecule has 1 aliphatic heterocycles. The van der Waals surface area contributed by atoms with Gasteiger partial charge < -0.3 is 9.19 Å². The van der Waals surface area contributed by atoms with Gasteiger partial charge in [-0.2, -0.15) is 0 Å². The third kappa shape index (κ3) is 1.92. The summed E-state index contributed by atoms with van der Waals surface area (Å²) in [5, 5.41) is 0. The molecule has 0 aliphatic carbocycles. The molecular weight excluding hydrogens is 235 g/mol. The Morgan fingerprint density at radius 3 is 2.53 bits per heavy atom. The summed E-state index contributed by atoms with van der Waals surface area (Å²) in [6.45, 7) is 4.02. The minimum atomic E-state index is -1.04. The van der Waals surface area contributed by atoms with Crippen LogP contribution in [0, 0.1) is 0 Å². The molecule has 1 aromatic carbocycles. The summed E-state index contributed by atoms with van der Waals surface area (Å²) in [6.07, 6.45) is 0. The second-order valence-corrected chi connectivity index (χ2v) is 6.12. The summed E-state index contributed by atoms with van der Waals surface area (Å²) in [5.41, 5.74) is 1.70. The number of hydrogen-bond acceptors (Lipinski definition) is 3. The Kier molecular flexibility index (Phi) is 3.36. The van der Waals surface area contributed by atoms with Crippen LogP contribution >= 0.6 is 8.45 Å². The van der Waals surface area contributed by atoms with Crippen LogP contribution in [0.4, 0.5) is 5.69 Å². The molecule has 0 aromatic heterocycles. The molecule has 1 unspecified atom stereocenters. The molecule has 0 saturated heterocycles. The normalized spacial score (nSPS) is 19.8. The Hall–Kier alpha value is -1.12. The molecule has 2 rings (SSSR count). The highest BCUT2D eigenvalue weighted by molar-refractivity contribution is 7.52. The third-order valence-electron chi connectivity index (χ3n) is 2.78. The Bertz CT molecular complexity index is 436. The number of benzene rings is 1. The minimum Gasteiger partial charge on any atom is -0.326 e. The van der Waals surface area contributed by atoms with Crippen LogP contribution in [0.5, 0.6) is 0 Å². The first-order valence-electron chi connectivity index (χ1n) is 5.58. The van der Waals surface area contributed by atoms with Crippen molar-refractivity contribution in [3.63, 3.8) is 0 Å². The van der Waals surface area contributed by atoms with E-state index < -0.39 is 8.45 Å². The lowest BCUT2D eigenvalue weighted by Gasteiger charge is -2.42. The quantitative estimate of drug-likeness (QED) is 0.759. The highest BCUT2D eigenvalue weighted by atomic mass is 31.2. The standard InChI is InChI=1S/C12H17N2O2P/c1-9(2)14-12(15)10-7-5-6-8-11(10)13(3)17(14)16-4/h5-9H,1-4H3. The Morgan fingerprint density at radius 2 is 1.94 bits per heavy atom. The predicted molar refractivity (Wildman–Crippen MR) is 70.1 cm³/mol. The lowest BCUT2D eigenvalue weighted by atomic mass is 10.1. The number of hydrogen-bond donors (Lipinski definition) is 0. The fourth-order valence-corrected chi connectivity index (χ4v) is 3.74. The second-order valence-electron chi connectivity index (χ2n) is 4.22. The van der Waals surface area contributed by atoms with E-state index in [0.29, 0.717) is 0 Å². The molecule has 5 heteroatoms. The molecule has 1 aromatic rings. The highest BCUT2D eigenvalue weighted by Crippen LogP contribution is 2.52. The average Bonchev–Trinajstić information content (AvgIpc) is 2.33. The predicted octanol–water partition coefficient (Wildman–Crippen LogP) is 2.86. The zero-order valence-corrected chi connectivity index (χ0v) is 11.4. The molecule has 0 bridgehead atoms. The van der Waals surface area contributed by atoms with E-state index in [9.17, 15) is 4.79 Å². The van der Waals surface area contributed by atoms with Crippen LogP contribution in [0.15, 0.2) is 24.3 Å². The number of amides is 1. The second kappa shape index (κ2) is 4.63. The number of fused-ring (bicyclic) bond motifs is 1. The van der Waals surface area contributed by atoms with Gasteiger partial charge in [0.1, 0.15) is 0 Å². The van der Waals surface area contributed by atoms with Gasteiger partial charge in [0, 0.05) is 20.2 Å². The molecule has 1 heterocycles. The molecule has 0 spiro atoms. The van der Waals surface area contributed by atoms with Gasteiger partial charge in [-0.25, -0.2) is 0 Å². The molecule has 1 aliphatic rings. The average molecular weight is 252 g/mol. The Labute approximate surface area is 103 Å². The smallest absolute Gasteiger partial charge is 0.262 e. The molecule has 17 heavy (non-hydrogen) atoms. The minimum absolute atomic E-state index is 0.0571. The molecule has 0 N–H and O–H groups in total. The molecule has 4 nitrogen and oxygen atoms in total. The molecule has 0 saturated carbocycles. The van der Waals surface area contributed by atoms with Crippen molar-refractivity contribution in [1.82, 2.24) is 4.67 Å². The number of anilines is 1. The first-order valence-corrected chi connectivity index (χ1v) is 6.74. The van der Waals surface area contributed by atoms with E-state index in [-0.39, 0.29) is 11.9 Å². The lowest BCUT2D eigenvalue weighted by Crippen LogP contribution is -2.41. The highest BCUT2D eigenvalue weighted by Gasteiger charge is 2.38. The zero-order chi connectivity index (χ0) is 12.6. The van der Waals surface area contributed by atoms with Crippen LogP contribution in [0.25, 0.3) is 0 Å². The van der Waals surface area contributed by atoms with E-state index in [1.54, 1.807) is 7.11 Å². The lowest BCUT2D eigenvalue weighted by molar-refractivity contribution is 0.0822. The monoisotopic (exact) mass is 252 g/mol. The third-order valence-corrected chi connectivity index (χ3v) is 4.85. The molecule has 92 valence electrons. The van der Waals surface area contributed by atoms with E-state index in [1.165, 1.54) is 0 Å². The van der Waals surface area contributed by atoms with E-state index >= 15 is 0 Å². The van der Waals surface area contributed by atoms with Gasteiger partial charge in [0.25, 0.3) is 14.4 Å². The SMILES string of the molecule is COP1N(C)c2ccccc2C(=O)N1C(C)C. The van der Waals surface area contributed by atoms with Gasteiger partial charge in [-0.3, -0.25) is 9.46 Å². The Balaban J connectivity index is 2.52. The van der Waals surface area contributed by atoms with Crippen molar-refractivity contribution in [2.45, 2.75) is 19.9 Å². The topological polar surface area (TPSA) is 32.8 Å². The first kappa shape index (κ1) is 12.3. The van der Waals surface area contributed by atoms with E-state index in [4.69, 9.17) is 4.52 Å². The van der Waals surface area contributed by atoms with Crippen molar-refractivity contribution in [2.75, 3.05) is 18.8 Å². The summed E-state index contributed by atoms with van der Waals surface area (Å²) in [6, 6.07) is 7.79. The van der Waals surface area contributed by atoms with Crippen molar-refractivity contribution in [2.24, 2.45) is 0 Å². The van der Waals surface area contributed by atoms with Gasteiger partial charge >= 0.3 is 0 Å². The van der Waals surface area contributed by atoms with Crippen LogP contribution in [-0.4, -0.2) is 30.8 Å². The van der Waals surface area contributed by atoms with Gasteiger partial charge in [-0.05, 0) is 26.0 Å². The molecule has 1 atom stereocenters. The summed E-state index contributed by atoms with van der Waals surface area (Å²) < 4.78 is 9.37. The zero-order valence-electron chi connectivity index (χ0n) is 10.5. The van der Waals surface area contributed by atoms with Gasteiger partial charge in [0.05, 0.1) is 11.3 Å². The summed E-state index contributed by atoms with van der Waals surface area (Å²) in [4.78, 5) is 12.4. The van der Waals surface area contributed by atoms with Crippen molar-refractivity contribution in [1.29, 1.82) is 0 Å². The van der Waals surface area contributed by atoms with E-state index in [2.05, 4.69) is 0 Å². The number of para-hydroxylation sites is 1. The number of carbonyl (C=O) groups excluding carboxylic acids is 1. The van der Waals surface area contributed by atoms with Gasteiger partial charge in [-0.15, -0.1) is 0 Å². The van der Waals surface area contributed by atoms with Crippen molar-refractivity contribution < 1.29 is 9.32 Å². The van der Waals surface area contributed by atoms with Crippen LogP contribution in [0.3, 0.4) is 0 Å². The Morgan fingerprint density at radius 1 is 1.29 bits per heavy atom. The number of carbonyl (C=O) groups is 1. The maximum absolute atomic E-state index is 12.4. The van der Waals surface area contributed by atoms with Crippen molar-refractivity contribution in [3.8, 4) is 0 Å². The number of nitrogens with zero attached hydrogens (tertiary/aromatic N) is 2. The van der Waals surface area contributed by atoms with Crippen molar-refractivity contribution in [3.05, 3.63) is 29.8 Å². The largest absolute Gasteiger partial charge is 0.326 e. The number of rotatable bonds is 2. The van der Waals surface area contributed by atoms with Crippen LogP contribution in [0.1, 0.15) is 24.2 Å². The van der Waals surface area contributed by atoms with Crippen molar-refractivity contribution >= 4 is 20.0 Å². The maximum Gasteiger partial charge on any atom is 0.262 e. The molecule has 1 amide bonds. The van der Waals surface area contributed by atoms with Gasteiger partial charge in [0.2, 0.25) is 0 Å². The summed E-state index contributed by atoms with van der Waals surface area (Å²) >= 11 is 0. The van der Waals surface area contributed by atoms with Crippen LogP contribution < -0.4 is 4.67 Å². The van der Waals surface area contributed by atoms with E-state index in [0.717, 1.165) is 11.3 Å². The van der Waals surface area contributed by atoms with Crippen LogP contribution in [0.2, 0.25) is 0 Å². The summed E-state index contributed by atoms with van der Waals surface area (Å²) in [7, 11) is 2.58. The molecular formula is C12H17N2O2P. The summed E-state index contributed by atoms with van der Waals surface area (Å²) in [5.74, 6) is 0.0571.